The Labute approximate surface area is 184 Å². The van der Waals surface area contributed by atoms with Crippen LogP contribution in [0.5, 0.6) is 0 Å². The van der Waals surface area contributed by atoms with E-state index in [-0.39, 0.29) is 30.6 Å². The lowest BCUT2D eigenvalue weighted by molar-refractivity contribution is -0.323. The Hall–Kier alpha value is -1.44. The Morgan fingerprint density at radius 2 is 1.71 bits per heavy atom. The molecule has 0 radical (unpaired) electrons. The summed E-state index contributed by atoms with van der Waals surface area (Å²) in [5.41, 5.74) is -0.203. The van der Waals surface area contributed by atoms with Crippen molar-refractivity contribution in [2.24, 2.45) is 22.7 Å². The summed E-state index contributed by atoms with van der Waals surface area (Å²) in [6.45, 7) is 11.1. The van der Waals surface area contributed by atoms with Gasteiger partial charge in [-0.15, -0.1) is 0 Å². The number of carbonyl (C=O) groups is 2. The Bertz CT molecular complexity index is 817. The van der Waals surface area contributed by atoms with Gasteiger partial charge in [-0.2, -0.15) is 0 Å². The molecule has 2 saturated carbocycles. The van der Waals surface area contributed by atoms with E-state index >= 15 is 0 Å². The van der Waals surface area contributed by atoms with Crippen molar-refractivity contribution in [2.45, 2.75) is 97.2 Å². The van der Waals surface area contributed by atoms with E-state index in [2.05, 4.69) is 20.8 Å². The first-order valence-electron chi connectivity index (χ1n) is 11.4. The highest BCUT2D eigenvalue weighted by atomic mass is 16.6. The molecule has 0 spiro atoms. The molecule has 2 bridgehead atoms. The van der Waals surface area contributed by atoms with Gasteiger partial charge in [-0.3, -0.25) is 9.59 Å². The third kappa shape index (κ3) is 3.35. The van der Waals surface area contributed by atoms with Gasteiger partial charge < -0.3 is 24.4 Å². The van der Waals surface area contributed by atoms with Gasteiger partial charge in [0.05, 0.1) is 18.8 Å². The van der Waals surface area contributed by atoms with E-state index in [1.54, 1.807) is 0 Å². The third-order valence-electron chi connectivity index (χ3n) is 8.68. The van der Waals surface area contributed by atoms with Crippen molar-refractivity contribution in [2.75, 3.05) is 6.61 Å². The van der Waals surface area contributed by atoms with E-state index in [9.17, 15) is 19.8 Å². The second kappa shape index (κ2) is 7.29. The van der Waals surface area contributed by atoms with Crippen molar-refractivity contribution >= 4 is 11.9 Å². The summed E-state index contributed by atoms with van der Waals surface area (Å²) in [4.78, 5) is 23.9. The minimum Gasteiger partial charge on any atom is -0.458 e. The number of ether oxygens (including phenoxy) is 3. The summed E-state index contributed by atoms with van der Waals surface area (Å²) in [5, 5.41) is 23.4. The van der Waals surface area contributed by atoms with Gasteiger partial charge in [-0.05, 0) is 60.5 Å². The molecule has 0 amide bonds. The highest BCUT2D eigenvalue weighted by Gasteiger charge is 2.67. The summed E-state index contributed by atoms with van der Waals surface area (Å²) in [7, 11) is 0. The minimum atomic E-state index is -1.10. The molecule has 3 fully saturated rings. The van der Waals surface area contributed by atoms with Gasteiger partial charge in [-0.1, -0.05) is 20.8 Å². The quantitative estimate of drug-likeness (QED) is 0.506. The van der Waals surface area contributed by atoms with Crippen molar-refractivity contribution < 1.29 is 34.0 Å². The van der Waals surface area contributed by atoms with Crippen LogP contribution < -0.4 is 0 Å². The molecule has 31 heavy (non-hydrogen) atoms. The van der Waals surface area contributed by atoms with Crippen LogP contribution in [0.15, 0.2) is 11.1 Å². The molecule has 7 nitrogen and oxygen atoms in total. The Kier molecular flexibility index (Phi) is 5.35. The van der Waals surface area contributed by atoms with E-state index in [0.29, 0.717) is 19.3 Å². The van der Waals surface area contributed by atoms with Crippen LogP contribution in [0.2, 0.25) is 0 Å². The largest absolute Gasteiger partial charge is 0.458 e. The molecule has 1 saturated heterocycles. The minimum absolute atomic E-state index is 0.204. The maximum atomic E-state index is 12.1. The van der Waals surface area contributed by atoms with Gasteiger partial charge in [0.15, 0.2) is 0 Å². The van der Waals surface area contributed by atoms with Gasteiger partial charge in [-0.25, -0.2) is 0 Å². The van der Waals surface area contributed by atoms with Crippen LogP contribution >= 0.6 is 0 Å². The average molecular weight is 437 g/mol. The number of aliphatic hydroxyl groups is 2. The lowest BCUT2D eigenvalue weighted by atomic mass is 9.47. The van der Waals surface area contributed by atoms with Crippen LogP contribution in [0.25, 0.3) is 0 Å². The fourth-order valence-corrected chi connectivity index (χ4v) is 7.37. The Balaban J connectivity index is 1.88. The number of rotatable bonds is 2. The molecule has 1 heterocycles. The van der Waals surface area contributed by atoms with Crippen LogP contribution in [0, 0.1) is 22.7 Å². The van der Waals surface area contributed by atoms with Crippen LogP contribution in [0.4, 0.5) is 0 Å². The standard InChI is InChI=1S/C24H36O7/c1-12-16(30-13(2)25)9-15-20(27)21-23(6,8-7-18-24(21,28)11-29-18)10-17(31-14(3)26)19(12)22(15,4)5/h15-18,20-21,27-28H,7-11H2,1-6H3/t15?,16-,17-,18+,20+,21-,23-,24-/m0/s1. The molecule has 0 aromatic carbocycles. The van der Waals surface area contributed by atoms with Crippen molar-refractivity contribution in [3.63, 3.8) is 0 Å². The third-order valence-corrected chi connectivity index (χ3v) is 8.68. The van der Waals surface area contributed by atoms with Crippen molar-refractivity contribution in [3.05, 3.63) is 11.1 Å². The zero-order valence-electron chi connectivity index (χ0n) is 19.4. The fraction of sp³-hybridized carbons (Fsp3) is 0.833. The van der Waals surface area contributed by atoms with Crippen LogP contribution in [0.1, 0.15) is 67.2 Å². The maximum absolute atomic E-state index is 12.1. The second-order valence-corrected chi connectivity index (χ2v) is 11.0. The first kappa shape index (κ1) is 22.7. The summed E-state index contributed by atoms with van der Waals surface area (Å²) in [5.74, 6) is -1.45. The molecule has 1 aliphatic heterocycles. The topological polar surface area (TPSA) is 102 Å². The average Bonchev–Trinajstić information content (AvgIpc) is 2.60. The molecule has 4 rings (SSSR count). The number of hydrogen-bond acceptors (Lipinski definition) is 7. The van der Waals surface area contributed by atoms with E-state index in [1.165, 1.54) is 13.8 Å². The van der Waals surface area contributed by atoms with E-state index in [4.69, 9.17) is 14.2 Å². The highest BCUT2D eigenvalue weighted by Crippen LogP contribution is 2.62. The number of aliphatic hydroxyl groups excluding tert-OH is 1. The molecular weight excluding hydrogens is 400 g/mol. The first-order chi connectivity index (χ1) is 14.3. The lowest BCUT2D eigenvalue weighted by Gasteiger charge is -2.64. The van der Waals surface area contributed by atoms with Gasteiger partial charge >= 0.3 is 11.9 Å². The molecule has 3 aliphatic carbocycles. The zero-order valence-corrected chi connectivity index (χ0v) is 19.4. The number of hydrogen-bond donors (Lipinski definition) is 2. The van der Waals surface area contributed by atoms with E-state index in [0.717, 1.165) is 17.6 Å². The van der Waals surface area contributed by atoms with Crippen LogP contribution in [-0.2, 0) is 23.8 Å². The van der Waals surface area contributed by atoms with Gasteiger partial charge in [0, 0.05) is 19.8 Å². The Morgan fingerprint density at radius 1 is 1.10 bits per heavy atom. The second-order valence-electron chi connectivity index (χ2n) is 11.0. The van der Waals surface area contributed by atoms with Crippen molar-refractivity contribution in [3.8, 4) is 0 Å². The predicted octanol–water partition coefficient (Wildman–Crippen LogP) is 2.52. The summed E-state index contributed by atoms with van der Waals surface area (Å²) < 4.78 is 17.2. The molecule has 8 atom stereocenters. The molecule has 7 heteroatoms. The van der Waals surface area contributed by atoms with Crippen LogP contribution in [-0.4, -0.2) is 58.8 Å². The summed E-state index contributed by atoms with van der Waals surface area (Å²) in [6.07, 6.45) is 0.361. The molecule has 2 N–H and O–H groups in total. The molecule has 0 aromatic heterocycles. The molecule has 1 unspecified atom stereocenters. The predicted molar refractivity (Wildman–Crippen MR) is 112 cm³/mol. The SMILES string of the molecule is CC(=O)O[C@H]1CC2[C@@H](O)[C@H]3[C@@](C)(CC[C@H]4OC[C@]43O)C[C@H](OC(C)=O)C(=C1C)C2(C)C. The van der Waals surface area contributed by atoms with Crippen LogP contribution in [0.3, 0.4) is 0 Å². The van der Waals surface area contributed by atoms with E-state index in [1.807, 2.05) is 6.92 Å². The molecule has 0 aromatic rings. The van der Waals surface area contributed by atoms with Gasteiger partial charge in [0.1, 0.15) is 17.8 Å². The molecular formula is C24H36O7. The first-order valence-corrected chi connectivity index (χ1v) is 11.4. The normalized spacial score (nSPS) is 45.9. The number of carbonyl (C=O) groups excluding carboxylic acids is 2. The maximum Gasteiger partial charge on any atom is 0.303 e. The summed E-state index contributed by atoms with van der Waals surface area (Å²) >= 11 is 0. The summed E-state index contributed by atoms with van der Waals surface area (Å²) in [6, 6.07) is 0. The zero-order chi connectivity index (χ0) is 22.9. The smallest absolute Gasteiger partial charge is 0.303 e. The Morgan fingerprint density at radius 3 is 2.26 bits per heavy atom. The van der Waals surface area contributed by atoms with Crippen molar-refractivity contribution in [1.82, 2.24) is 0 Å². The van der Waals surface area contributed by atoms with Crippen molar-refractivity contribution in [1.29, 1.82) is 0 Å². The fourth-order valence-electron chi connectivity index (χ4n) is 7.37. The molecule has 174 valence electrons. The van der Waals surface area contributed by atoms with Gasteiger partial charge in [0.25, 0.3) is 0 Å². The number of esters is 2. The van der Waals surface area contributed by atoms with Gasteiger partial charge in [0.2, 0.25) is 0 Å². The highest BCUT2D eigenvalue weighted by molar-refractivity contribution is 5.67. The molecule has 4 aliphatic rings. The number of fused-ring (bicyclic) bond motifs is 5. The lowest BCUT2D eigenvalue weighted by Crippen LogP contribution is -2.73. The monoisotopic (exact) mass is 436 g/mol. The van der Waals surface area contributed by atoms with E-state index < -0.39 is 40.7 Å².